The topological polar surface area (TPSA) is 41.7 Å². The van der Waals surface area contributed by atoms with Gasteiger partial charge < -0.3 is 20.3 Å². The molecule has 0 atom stereocenters. The first-order chi connectivity index (χ1) is 9.85. The van der Waals surface area contributed by atoms with Crippen LogP contribution < -0.4 is 15.4 Å². The van der Waals surface area contributed by atoms with Crippen molar-refractivity contribution >= 4 is 11.4 Å². The molecule has 1 aromatic rings. The van der Waals surface area contributed by atoms with Crippen LogP contribution in [0.15, 0.2) is 12.1 Å². The van der Waals surface area contributed by atoms with Crippen LogP contribution >= 0.6 is 0 Å². The first kappa shape index (κ1) is 17.6. The van der Waals surface area contributed by atoms with Gasteiger partial charge in [-0.05, 0) is 47.8 Å². The summed E-state index contributed by atoms with van der Waals surface area (Å²) in [6.45, 7) is 8.54. The van der Waals surface area contributed by atoms with Crippen LogP contribution in [-0.2, 0) is 0 Å². The fourth-order valence-corrected chi connectivity index (χ4v) is 2.20. The molecule has 120 valence electrons. The molecule has 0 spiro atoms. The normalized spacial score (nSPS) is 11.2. The molecule has 0 aliphatic carbocycles. The largest absolute Gasteiger partial charge is 0.488 e. The number of halogens is 1. The zero-order chi connectivity index (χ0) is 16.0. The Kier molecular flexibility index (Phi) is 6.75. The lowest BCUT2D eigenvalue weighted by Gasteiger charge is -2.26. The van der Waals surface area contributed by atoms with Gasteiger partial charge in [-0.15, -0.1) is 0 Å². The van der Waals surface area contributed by atoms with Gasteiger partial charge in [0.15, 0.2) is 11.6 Å². The monoisotopic (exact) mass is 297 g/mol. The molecule has 2 N–H and O–H groups in total. The van der Waals surface area contributed by atoms with Crippen LogP contribution in [0.4, 0.5) is 15.8 Å². The van der Waals surface area contributed by atoms with Gasteiger partial charge in [0.1, 0.15) is 0 Å². The summed E-state index contributed by atoms with van der Waals surface area (Å²) < 4.78 is 19.4. The third kappa shape index (κ3) is 5.42. The standard InChI is InChI=1S/C16H28FN3O/c1-6-20(9-7-8-19(4)5)15-11-16(21-12(2)3)13(17)10-14(15)18/h10-12H,6-9,18H2,1-5H3. The molecule has 0 radical (unpaired) electrons. The predicted octanol–water partition coefficient (Wildman–Crippen LogP) is 2.97. The number of ether oxygens (including phenoxy) is 1. The van der Waals surface area contributed by atoms with Crippen LogP contribution in [0.25, 0.3) is 0 Å². The number of nitrogens with zero attached hydrogens (tertiary/aromatic N) is 2. The van der Waals surface area contributed by atoms with Crippen molar-refractivity contribution in [3.63, 3.8) is 0 Å². The average molecular weight is 297 g/mol. The highest BCUT2D eigenvalue weighted by molar-refractivity contribution is 5.70. The highest BCUT2D eigenvalue weighted by Gasteiger charge is 2.14. The molecule has 0 amide bonds. The van der Waals surface area contributed by atoms with E-state index in [1.165, 1.54) is 6.07 Å². The van der Waals surface area contributed by atoms with Gasteiger partial charge in [0.25, 0.3) is 0 Å². The number of benzene rings is 1. The van der Waals surface area contributed by atoms with Gasteiger partial charge in [-0.3, -0.25) is 0 Å². The third-order valence-electron chi connectivity index (χ3n) is 3.20. The van der Waals surface area contributed by atoms with Crippen LogP contribution in [0.5, 0.6) is 5.75 Å². The van der Waals surface area contributed by atoms with Crippen molar-refractivity contribution in [2.75, 3.05) is 44.4 Å². The summed E-state index contributed by atoms with van der Waals surface area (Å²) in [5, 5.41) is 0. The van der Waals surface area contributed by atoms with E-state index in [0.29, 0.717) is 5.69 Å². The van der Waals surface area contributed by atoms with E-state index in [1.54, 1.807) is 6.07 Å². The van der Waals surface area contributed by atoms with E-state index in [2.05, 4.69) is 30.8 Å². The Balaban J connectivity index is 2.91. The summed E-state index contributed by atoms with van der Waals surface area (Å²) in [4.78, 5) is 4.31. The lowest BCUT2D eigenvalue weighted by molar-refractivity contribution is 0.231. The number of nitrogen functional groups attached to an aromatic ring is 1. The van der Waals surface area contributed by atoms with E-state index in [4.69, 9.17) is 10.5 Å². The maximum absolute atomic E-state index is 13.9. The van der Waals surface area contributed by atoms with E-state index in [1.807, 2.05) is 13.8 Å². The summed E-state index contributed by atoms with van der Waals surface area (Å²) in [5.41, 5.74) is 7.28. The Morgan fingerprint density at radius 2 is 1.90 bits per heavy atom. The summed E-state index contributed by atoms with van der Waals surface area (Å²) in [6, 6.07) is 3.06. The van der Waals surface area contributed by atoms with Crippen molar-refractivity contribution in [1.82, 2.24) is 4.90 Å². The minimum absolute atomic E-state index is 0.0696. The maximum Gasteiger partial charge on any atom is 0.167 e. The van der Waals surface area contributed by atoms with E-state index in [9.17, 15) is 4.39 Å². The molecular formula is C16H28FN3O. The van der Waals surface area contributed by atoms with Crippen molar-refractivity contribution in [2.45, 2.75) is 33.3 Å². The van der Waals surface area contributed by atoms with Crippen molar-refractivity contribution in [1.29, 1.82) is 0 Å². The number of nitrogens with two attached hydrogens (primary N) is 1. The number of hydrogen-bond acceptors (Lipinski definition) is 4. The van der Waals surface area contributed by atoms with Gasteiger partial charge in [-0.25, -0.2) is 4.39 Å². The van der Waals surface area contributed by atoms with E-state index in [-0.39, 0.29) is 11.9 Å². The van der Waals surface area contributed by atoms with Crippen LogP contribution in [0, 0.1) is 5.82 Å². The smallest absolute Gasteiger partial charge is 0.167 e. The van der Waals surface area contributed by atoms with E-state index >= 15 is 0 Å². The van der Waals surface area contributed by atoms with Crippen LogP contribution in [0.1, 0.15) is 27.2 Å². The van der Waals surface area contributed by atoms with E-state index in [0.717, 1.165) is 31.7 Å². The predicted molar refractivity (Wildman–Crippen MR) is 87.6 cm³/mol. The Bertz CT molecular complexity index is 449. The second kappa shape index (κ2) is 8.08. The third-order valence-corrected chi connectivity index (χ3v) is 3.20. The van der Waals surface area contributed by atoms with Gasteiger partial charge in [-0.2, -0.15) is 0 Å². The second-order valence-corrected chi connectivity index (χ2v) is 5.74. The molecule has 0 saturated carbocycles. The highest BCUT2D eigenvalue weighted by Crippen LogP contribution is 2.31. The first-order valence-electron chi connectivity index (χ1n) is 7.50. The van der Waals surface area contributed by atoms with Crippen LogP contribution in [0.2, 0.25) is 0 Å². The van der Waals surface area contributed by atoms with Crippen molar-refractivity contribution in [3.05, 3.63) is 17.9 Å². The van der Waals surface area contributed by atoms with Crippen LogP contribution in [0.3, 0.4) is 0 Å². The fourth-order valence-electron chi connectivity index (χ4n) is 2.20. The number of rotatable bonds is 8. The van der Waals surface area contributed by atoms with Crippen LogP contribution in [-0.4, -0.2) is 44.7 Å². The summed E-state index contributed by atoms with van der Waals surface area (Å²) >= 11 is 0. The molecule has 21 heavy (non-hydrogen) atoms. The lowest BCUT2D eigenvalue weighted by Crippen LogP contribution is -2.27. The molecule has 0 unspecified atom stereocenters. The molecule has 1 rings (SSSR count). The summed E-state index contributed by atoms with van der Waals surface area (Å²) in [5.74, 6) is -0.144. The molecule has 1 aromatic carbocycles. The Labute approximate surface area is 127 Å². The molecule has 0 aliphatic heterocycles. The van der Waals surface area contributed by atoms with Crippen molar-refractivity contribution in [2.24, 2.45) is 0 Å². The molecule has 0 fully saturated rings. The first-order valence-corrected chi connectivity index (χ1v) is 7.50. The summed E-state index contributed by atoms with van der Waals surface area (Å²) in [7, 11) is 4.11. The zero-order valence-electron chi connectivity index (χ0n) is 13.8. The molecular weight excluding hydrogens is 269 g/mol. The van der Waals surface area contributed by atoms with Gasteiger partial charge in [0.2, 0.25) is 0 Å². The number of hydrogen-bond donors (Lipinski definition) is 1. The molecule has 0 saturated heterocycles. The minimum atomic E-state index is -0.408. The van der Waals surface area contributed by atoms with Crippen molar-refractivity contribution < 1.29 is 9.13 Å². The Hall–Kier alpha value is -1.49. The zero-order valence-corrected chi connectivity index (χ0v) is 13.8. The van der Waals surface area contributed by atoms with Crippen molar-refractivity contribution in [3.8, 4) is 5.75 Å². The average Bonchev–Trinajstić information content (AvgIpc) is 2.38. The number of anilines is 2. The molecule has 0 aliphatic rings. The van der Waals surface area contributed by atoms with Gasteiger partial charge in [-0.1, -0.05) is 0 Å². The Morgan fingerprint density at radius 1 is 1.24 bits per heavy atom. The van der Waals surface area contributed by atoms with Gasteiger partial charge in [0, 0.05) is 25.2 Å². The fraction of sp³-hybridized carbons (Fsp3) is 0.625. The Morgan fingerprint density at radius 3 is 2.43 bits per heavy atom. The SMILES string of the molecule is CCN(CCCN(C)C)c1cc(OC(C)C)c(F)cc1N. The molecule has 0 aromatic heterocycles. The van der Waals surface area contributed by atoms with Gasteiger partial charge >= 0.3 is 0 Å². The minimum Gasteiger partial charge on any atom is -0.488 e. The second-order valence-electron chi connectivity index (χ2n) is 5.74. The molecule has 5 heteroatoms. The van der Waals surface area contributed by atoms with E-state index < -0.39 is 5.82 Å². The lowest BCUT2D eigenvalue weighted by atomic mass is 10.2. The molecule has 0 bridgehead atoms. The molecule has 4 nitrogen and oxygen atoms in total. The highest BCUT2D eigenvalue weighted by atomic mass is 19.1. The molecule has 0 heterocycles. The summed E-state index contributed by atoms with van der Waals surface area (Å²) in [6.07, 6.45) is 0.956. The quantitative estimate of drug-likeness (QED) is 0.749. The van der Waals surface area contributed by atoms with Gasteiger partial charge in [0.05, 0.1) is 17.5 Å². The maximum atomic E-state index is 13.9.